The second-order valence-corrected chi connectivity index (χ2v) is 13.6. The molecule has 0 aliphatic heterocycles. The van der Waals surface area contributed by atoms with E-state index in [1.807, 2.05) is 36.4 Å². The third kappa shape index (κ3) is 9.24. The Bertz CT molecular complexity index is 2010. The average Bonchev–Trinajstić information content (AvgIpc) is 3.15. The number of pyridine rings is 1. The van der Waals surface area contributed by atoms with Gasteiger partial charge >= 0.3 is 0 Å². The van der Waals surface area contributed by atoms with E-state index in [1.54, 1.807) is 42.6 Å². The number of aromatic hydroxyl groups is 4. The molecule has 5 aromatic rings. The van der Waals surface area contributed by atoms with Crippen LogP contribution in [0.5, 0.6) is 34.5 Å². The van der Waals surface area contributed by atoms with Gasteiger partial charge in [-0.05, 0) is 139 Å². The summed E-state index contributed by atoms with van der Waals surface area (Å²) in [5.74, 6) is -0.112. The minimum absolute atomic E-state index is 0.0255. The lowest BCUT2D eigenvalue weighted by Crippen LogP contribution is -2.31. The number of hydrogen-bond acceptors (Lipinski definition) is 10. The molecule has 1 aliphatic carbocycles. The van der Waals surface area contributed by atoms with Crippen LogP contribution in [0, 0.1) is 5.92 Å². The largest absolute Gasteiger partial charge is 0.508 e. The zero-order chi connectivity index (χ0) is 36.6. The molecule has 0 saturated heterocycles. The standard InChI is InChI=1S/C42H46N2O8/c1-51-39-21-26(8-16-37(39)48)7-14-35(46)34(36(47)15-9-27-20-38(49)42(50)40(22-27)52-33-5-3-2-4-6-33)19-28-17-18-43-41(23-28)44-31-12-10-30-25-32(45)13-11-29(30)24-31/h8,10-13,16-18,20-25,33-35,45-46,48-50H,2-7,9,14-15,19H2,1H3,(H,43,44)/t34-,35-/m1/s1. The number of nitrogens with zero attached hydrogens (tertiary/aromatic N) is 1. The fourth-order valence-electron chi connectivity index (χ4n) is 6.94. The number of Topliss-reactive ketones (excluding diaryl/α,β-unsaturated/α-hetero) is 1. The second-order valence-electron chi connectivity index (χ2n) is 13.6. The number of anilines is 2. The summed E-state index contributed by atoms with van der Waals surface area (Å²) in [7, 11) is 1.48. The van der Waals surface area contributed by atoms with Gasteiger partial charge in [-0.1, -0.05) is 24.6 Å². The zero-order valence-electron chi connectivity index (χ0n) is 29.3. The Morgan fingerprint density at radius 1 is 0.808 bits per heavy atom. The molecule has 0 amide bonds. The third-order valence-corrected chi connectivity index (χ3v) is 9.85. The first-order valence-corrected chi connectivity index (χ1v) is 17.9. The molecule has 0 unspecified atom stereocenters. The molecule has 0 spiro atoms. The lowest BCUT2D eigenvalue weighted by Gasteiger charge is -2.24. The van der Waals surface area contributed by atoms with E-state index in [2.05, 4.69) is 10.3 Å². The van der Waals surface area contributed by atoms with Crippen molar-refractivity contribution in [3.05, 3.63) is 102 Å². The van der Waals surface area contributed by atoms with Crippen molar-refractivity contribution in [2.45, 2.75) is 76.4 Å². The van der Waals surface area contributed by atoms with E-state index in [-0.39, 0.29) is 59.9 Å². The van der Waals surface area contributed by atoms with Gasteiger partial charge in [0.2, 0.25) is 5.75 Å². The molecule has 10 heteroatoms. The van der Waals surface area contributed by atoms with Crippen LogP contribution in [0.3, 0.4) is 0 Å². The van der Waals surface area contributed by atoms with Crippen LogP contribution in [-0.2, 0) is 24.1 Å². The van der Waals surface area contributed by atoms with Crippen molar-refractivity contribution in [2.24, 2.45) is 5.92 Å². The van der Waals surface area contributed by atoms with Crippen molar-refractivity contribution in [3.63, 3.8) is 0 Å². The number of ether oxygens (including phenoxy) is 2. The summed E-state index contributed by atoms with van der Waals surface area (Å²) < 4.78 is 11.3. The summed E-state index contributed by atoms with van der Waals surface area (Å²) in [6.07, 6.45) is 7.11. The van der Waals surface area contributed by atoms with Crippen LogP contribution >= 0.6 is 0 Å². The number of phenols is 4. The van der Waals surface area contributed by atoms with Crippen molar-refractivity contribution in [1.29, 1.82) is 0 Å². The van der Waals surface area contributed by atoms with Gasteiger partial charge in [-0.15, -0.1) is 0 Å². The number of rotatable bonds is 15. The molecular formula is C42H46N2O8. The maximum absolute atomic E-state index is 14.0. The summed E-state index contributed by atoms with van der Waals surface area (Å²) >= 11 is 0. The molecule has 1 fully saturated rings. The van der Waals surface area contributed by atoms with Crippen LogP contribution in [0.15, 0.2) is 85.1 Å². The Hall–Kier alpha value is -5.48. The van der Waals surface area contributed by atoms with Gasteiger partial charge in [-0.3, -0.25) is 4.79 Å². The number of carbonyl (C=O) groups is 1. The number of nitrogens with one attached hydrogen (secondary N) is 1. The number of benzene rings is 4. The van der Waals surface area contributed by atoms with Crippen LogP contribution in [0.25, 0.3) is 10.8 Å². The quantitative estimate of drug-likeness (QED) is 0.0591. The molecule has 6 N–H and O–H groups in total. The van der Waals surface area contributed by atoms with Gasteiger partial charge in [0.1, 0.15) is 17.4 Å². The third-order valence-electron chi connectivity index (χ3n) is 9.85. The molecule has 10 nitrogen and oxygen atoms in total. The maximum Gasteiger partial charge on any atom is 0.200 e. The number of aliphatic hydroxyl groups excluding tert-OH is 1. The molecule has 1 heterocycles. The molecule has 272 valence electrons. The van der Waals surface area contributed by atoms with Gasteiger partial charge in [0.15, 0.2) is 23.0 Å². The first-order valence-electron chi connectivity index (χ1n) is 17.9. The van der Waals surface area contributed by atoms with Crippen LogP contribution in [0.1, 0.15) is 61.6 Å². The topological polar surface area (TPSA) is 162 Å². The Balaban J connectivity index is 1.18. The number of phenolic OH excluding ortho intramolecular Hbond substituents is 4. The number of ketones is 1. The second kappa shape index (κ2) is 16.7. The van der Waals surface area contributed by atoms with Gasteiger partial charge in [-0.25, -0.2) is 4.98 Å². The van der Waals surface area contributed by atoms with Gasteiger partial charge < -0.3 is 40.3 Å². The van der Waals surface area contributed by atoms with Gasteiger partial charge in [0, 0.05) is 24.2 Å². The molecule has 0 radical (unpaired) electrons. The van der Waals surface area contributed by atoms with Crippen molar-refractivity contribution in [1.82, 2.24) is 4.98 Å². The zero-order valence-corrected chi connectivity index (χ0v) is 29.3. The molecular weight excluding hydrogens is 660 g/mol. The summed E-state index contributed by atoms with van der Waals surface area (Å²) in [6, 6.07) is 22.8. The highest BCUT2D eigenvalue weighted by Gasteiger charge is 2.28. The van der Waals surface area contributed by atoms with Crippen LogP contribution in [0.4, 0.5) is 11.5 Å². The molecule has 0 bridgehead atoms. The number of aromatic nitrogens is 1. The Kier molecular flexibility index (Phi) is 11.7. The smallest absolute Gasteiger partial charge is 0.200 e. The molecule has 1 saturated carbocycles. The highest BCUT2D eigenvalue weighted by Crippen LogP contribution is 2.39. The van der Waals surface area contributed by atoms with E-state index in [9.17, 15) is 30.3 Å². The molecule has 4 aromatic carbocycles. The Morgan fingerprint density at radius 3 is 2.38 bits per heavy atom. The lowest BCUT2D eigenvalue weighted by molar-refractivity contribution is -0.126. The summed E-state index contributed by atoms with van der Waals surface area (Å²) in [5.41, 5.74) is 3.13. The molecule has 52 heavy (non-hydrogen) atoms. The van der Waals surface area contributed by atoms with E-state index in [0.717, 1.165) is 59.7 Å². The minimum atomic E-state index is -0.979. The minimum Gasteiger partial charge on any atom is -0.508 e. The van der Waals surface area contributed by atoms with Crippen molar-refractivity contribution in [2.75, 3.05) is 12.4 Å². The number of fused-ring (bicyclic) bond motifs is 1. The fraction of sp³-hybridized carbons (Fsp3) is 0.333. The summed E-state index contributed by atoms with van der Waals surface area (Å²) in [4.78, 5) is 18.5. The van der Waals surface area contributed by atoms with Crippen molar-refractivity contribution < 1.29 is 39.8 Å². The SMILES string of the molecule is COc1cc(CC[C@@H](O)[C@@H](Cc2ccnc(Nc3ccc4cc(O)ccc4c3)c2)C(=O)CCc2cc(O)c(O)c(OC3CCCCC3)c2)ccc1O. The summed E-state index contributed by atoms with van der Waals surface area (Å²) in [6.45, 7) is 0. The van der Waals surface area contributed by atoms with E-state index in [1.165, 1.54) is 13.2 Å². The normalized spacial score (nSPS) is 14.5. The molecule has 1 aliphatic rings. The fourth-order valence-corrected chi connectivity index (χ4v) is 6.94. The highest BCUT2D eigenvalue weighted by atomic mass is 16.5. The Labute approximate surface area is 303 Å². The Morgan fingerprint density at radius 2 is 1.58 bits per heavy atom. The monoisotopic (exact) mass is 706 g/mol. The predicted molar refractivity (Wildman–Crippen MR) is 200 cm³/mol. The molecule has 2 atom stereocenters. The first kappa shape index (κ1) is 36.3. The van der Waals surface area contributed by atoms with E-state index < -0.39 is 12.0 Å². The summed E-state index contributed by atoms with van der Waals surface area (Å²) in [5, 5.41) is 57.6. The van der Waals surface area contributed by atoms with Gasteiger partial charge in [0.25, 0.3) is 0 Å². The first-order chi connectivity index (χ1) is 25.1. The van der Waals surface area contributed by atoms with Gasteiger partial charge in [-0.2, -0.15) is 0 Å². The average molecular weight is 707 g/mol. The number of aliphatic hydroxyl groups is 1. The number of methoxy groups -OCH3 is 1. The van der Waals surface area contributed by atoms with E-state index in [4.69, 9.17) is 9.47 Å². The predicted octanol–water partition coefficient (Wildman–Crippen LogP) is 7.88. The van der Waals surface area contributed by atoms with Crippen LogP contribution in [0.2, 0.25) is 0 Å². The molecule has 6 rings (SSSR count). The maximum atomic E-state index is 14.0. The van der Waals surface area contributed by atoms with Crippen molar-refractivity contribution in [3.8, 4) is 34.5 Å². The lowest BCUT2D eigenvalue weighted by atomic mass is 9.85. The molecule has 1 aromatic heterocycles. The van der Waals surface area contributed by atoms with E-state index in [0.29, 0.717) is 30.0 Å². The number of aryl methyl sites for hydroxylation is 2. The highest BCUT2D eigenvalue weighted by molar-refractivity contribution is 5.87. The van der Waals surface area contributed by atoms with E-state index >= 15 is 0 Å². The van der Waals surface area contributed by atoms with Crippen LogP contribution < -0.4 is 14.8 Å². The number of carbonyl (C=O) groups excluding carboxylic acids is 1. The van der Waals surface area contributed by atoms with Crippen LogP contribution in [-0.4, -0.2) is 55.6 Å². The van der Waals surface area contributed by atoms with Gasteiger partial charge in [0.05, 0.1) is 19.3 Å². The number of hydrogen-bond donors (Lipinski definition) is 6. The van der Waals surface area contributed by atoms with Crippen molar-refractivity contribution >= 4 is 28.1 Å².